The molecule has 9 heteroatoms. The van der Waals surface area contributed by atoms with Gasteiger partial charge in [-0.2, -0.15) is 0 Å². The monoisotopic (exact) mass is 378 g/mol. The van der Waals surface area contributed by atoms with Crippen LogP contribution in [0.3, 0.4) is 0 Å². The van der Waals surface area contributed by atoms with Crippen LogP contribution in [0, 0.1) is 5.41 Å². The molecule has 0 unspecified atom stereocenters. The van der Waals surface area contributed by atoms with Crippen LogP contribution < -0.4 is 64.2 Å². The molecule has 0 amide bonds. The molecule has 0 aromatic rings. The third kappa shape index (κ3) is 49.5. The standard InChI is InChI=1S/C6H14O3.C4H8O.CH2O2.4CH4.2Na.H2O/c1-2-6(3-7,4-8)5-9;1-2-3-4-5;2-1-3;;;;;;;/h7-9H,2-5H2,1H3;4H,2-3H2,1H3;1H,(H,2,3);4*1H4;;;1H2/q;;;;;;;2*+1;/p-2. The molecular formula is C15H40Na2O7. The van der Waals surface area contributed by atoms with Gasteiger partial charge in [0, 0.05) is 18.3 Å². The predicted molar refractivity (Wildman–Crippen MR) is 89.9 cm³/mol. The quantitative estimate of drug-likeness (QED) is 0.310. The Kier molecular flexibility index (Phi) is 151. The van der Waals surface area contributed by atoms with Crippen molar-refractivity contribution in [3.8, 4) is 0 Å². The summed E-state index contributed by atoms with van der Waals surface area (Å²) in [5, 5.41) is 34.2. The van der Waals surface area contributed by atoms with Crippen LogP contribution in [0.25, 0.3) is 0 Å². The van der Waals surface area contributed by atoms with E-state index in [1.165, 1.54) is 0 Å². The second kappa shape index (κ2) is 56.4. The van der Waals surface area contributed by atoms with Crippen LogP contribution in [-0.2, 0) is 9.59 Å². The second-order valence-corrected chi connectivity index (χ2v) is 3.38. The van der Waals surface area contributed by atoms with Crippen LogP contribution in [0.15, 0.2) is 0 Å². The Labute approximate surface area is 194 Å². The maximum absolute atomic E-state index is 9.40. The Bertz CT molecular complexity index is 152. The summed E-state index contributed by atoms with van der Waals surface area (Å²) in [5.41, 5.74) is -0.667. The van der Waals surface area contributed by atoms with Crippen molar-refractivity contribution in [2.75, 3.05) is 19.8 Å². The zero-order chi connectivity index (χ0) is 14.2. The molecule has 0 rings (SSSR count). The summed E-state index contributed by atoms with van der Waals surface area (Å²) < 4.78 is 0. The van der Waals surface area contributed by atoms with Gasteiger partial charge in [-0.15, -0.1) is 0 Å². The first-order valence-electron chi connectivity index (χ1n) is 5.39. The number of carboxylic acid groups (broad SMARTS) is 1. The van der Waals surface area contributed by atoms with Crippen molar-refractivity contribution in [3.05, 3.63) is 0 Å². The fourth-order valence-corrected chi connectivity index (χ4v) is 0.603. The van der Waals surface area contributed by atoms with Gasteiger partial charge in [-0.05, 0) is 12.8 Å². The van der Waals surface area contributed by atoms with Gasteiger partial charge in [-0.3, -0.25) is 0 Å². The van der Waals surface area contributed by atoms with Crippen molar-refractivity contribution >= 4 is 12.8 Å². The molecule has 144 valence electrons. The Morgan fingerprint density at radius 1 is 0.875 bits per heavy atom. The van der Waals surface area contributed by atoms with Crippen molar-refractivity contribution in [2.24, 2.45) is 5.41 Å². The second-order valence-electron chi connectivity index (χ2n) is 3.38. The molecule has 0 heterocycles. The SMILES string of the molecule is C.C.C.C.CCC(CO)(CO)CO.CCCC=O.O=C[O-].[Na+].[Na+].[OH-]. The average molecular weight is 378 g/mol. The number of aliphatic hydroxyl groups excluding tert-OH is 3. The van der Waals surface area contributed by atoms with E-state index >= 15 is 0 Å². The molecule has 0 spiro atoms. The van der Waals surface area contributed by atoms with Crippen LogP contribution in [0.1, 0.15) is 62.8 Å². The number of rotatable bonds is 6. The molecule has 0 aliphatic rings. The van der Waals surface area contributed by atoms with Gasteiger partial charge in [0.05, 0.1) is 19.8 Å². The van der Waals surface area contributed by atoms with Gasteiger partial charge in [-0.25, -0.2) is 0 Å². The summed E-state index contributed by atoms with van der Waals surface area (Å²) in [5.74, 6) is 0. The molecule has 24 heavy (non-hydrogen) atoms. The topological polar surface area (TPSA) is 148 Å². The maximum Gasteiger partial charge on any atom is 1.00 e. The van der Waals surface area contributed by atoms with Crippen molar-refractivity contribution in [1.82, 2.24) is 0 Å². The molecule has 0 radical (unpaired) electrons. The molecule has 0 saturated carbocycles. The molecule has 0 aliphatic heterocycles. The van der Waals surface area contributed by atoms with E-state index in [0.717, 1.165) is 12.7 Å². The van der Waals surface area contributed by atoms with Gasteiger partial charge in [-0.1, -0.05) is 43.6 Å². The summed E-state index contributed by atoms with van der Waals surface area (Å²) >= 11 is 0. The molecule has 0 fully saturated rings. The zero-order valence-corrected chi connectivity index (χ0v) is 16.9. The molecule has 0 aromatic heterocycles. The fourth-order valence-electron chi connectivity index (χ4n) is 0.603. The van der Waals surface area contributed by atoms with Crippen molar-refractivity contribution < 1.29 is 94.6 Å². The van der Waals surface area contributed by atoms with E-state index < -0.39 is 11.9 Å². The van der Waals surface area contributed by atoms with Crippen LogP contribution in [0.4, 0.5) is 0 Å². The zero-order valence-electron chi connectivity index (χ0n) is 12.9. The van der Waals surface area contributed by atoms with Gasteiger partial charge < -0.3 is 35.5 Å². The van der Waals surface area contributed by atoms with E-state index in [4.69, 9.17) is 25.2 Å². The molecule has 0 saturated heterocycles. The largest absolute Gasteiger partial charge is 1.00 e. The van der Waals surface area contributed by atoms with Crippen LogP contribution in [0.5, 0.6) is 0 Å². The number of carbonyl (C=O) groups excluding carboxylic acids is 2. The van der Waals surface area contributed by atoms with E-state index in [1.807, 2.05) is 13.8 Å². The molecule has 0 atom stereocenters. The van der Waals surface area contributed by atoms with Crippen LogP contribution >= 0.6 is 0 Å². The van der Waals surface area contributed by atoms with Crippen molar-refractivity contribution in [2.45, 2.75) is 62.8 Å². The van der Waals surface area contributed by atoms with Gasteiger partial charge in [0.25, 0.3) is 0 Å². The number of unbranched alkanes of at least 4 members (excludes halogenated alkanes) is 1. The number of hydrogen-bond donors (Lipinski definition) is 3. The average Bonchev–Trinajstić information content (AvgIpc) is 2.36. The smallest absolute Gasteiger partial charge is 0.870 e. The number of hydrogen-bond acceptors (Lipinski definition) is 7. The van der Waals surface area contributed by atoms with E-state index in [2.05, 4.69) is 0 Å². The third-order valence-corrected chi connectivity index (χ3v) is 2.16. The van der Waals surface area contributed by atoms with E-state index in [1.54, 1.807) is 0 Å². The molecule has 7 nitrogen and oxygen atoms in total. The summed E-state index contributed by atoms with van der Waals surface area (Å²) in [6.45, 7) is 2.83. The number of aliphatic hydroxyl groups is 3. The number of carbonyl (C=O) groups is 2. The number of aldehydes is 1. The summed E-state index contributed by atoms with van der Waals surface area (Å²) in [7, 11) is 0. The van der Waals surface area contributed by atoms with Gasteiger partial charge in [0.1, 0.15) is 6.29 Å². The molecule has 4 N–H and O–H groups in total. The molecule has 0 aromatic carbocycles. The summed E-state index contributed by atoms with van der Waals surface area (Å²) in [4.78, 5) is 17.7. The Morgan fingerprint density at radius 2 is 1.12 bits per heavy atom. The fraction of sp³-hybridized carbons (Fsp3) is 0.867. The maximum atomic E-state index is 9.40. The normalized spacial score (nSPS) is 6.54. The Balaban J connectivity index is -0.0000000147. The molecule has 0 bridgehead atoms. The minimum absolute atomic E-state index is 0. The molecular weight excluding hydrogens is 338 g/mol. The first kappa shape index (κ1) is 64.0. The Morgan fingerprint density at radius 3 is 1.12 bits per heavy atom. The van der Waals surface area contributed by atoms with Crippen molar-refractivity contribution in [1.29, 1.82) is 0 Å². The van der Waals surface area contributed by atoms with Crippen LogP contribution in [-0.4, -0.2) is 53.4 Å². The van der Waals surface area contributed by atoms with Gasteiger partial charge in [0.15, 0.2) is 0 Å². The van der Waals surface area contributed by atoms with E-state index in [-0.39, 0.29) is 114 Å². The first-order chi connectivity index (χ1) is 8.07. The van der Waals surface area contributed by atoms with E-state index in [9.17, 15) is 4.79 Å². The Hall–Kier alpha value is 0.980. The minimum Gasteiger partial charge on any atom is -0.870 e. The third-order valence-electron chi connectivity index (χ3n) is 2.16. The molecule has 0 aliphatic carbocycles. The minimum atomic E-state index is -0.667. The van der Waals surface area contributed by atoms with E-state index in [0.29, 0.717) is 12.8 Å². The van der Waals surface area contributed by atoms with Gasteiger partial charge >= 0.3 is 59.1 Å². The summed E-state index contributed by atoms with van der Waals surface area (Å²) in [6, 6.07) is 0. The van der Waals surface area contributed by atoms with Crippen LogP contribution in [0.2, 0.25) is 0 Å². The van der Waals surface area contributed by atoms with Crippen molar-refractivity contribution in [3.63, 3.8) is 0 Å². The van der Waals surface area contributed by atoms with Gasteiger partial charge in [0.2, 0.25) is 0 Å². The summed E-state index contributed by atoms with van der Waals surface area (Å²) in [6.07, 6.45) is 3.21. The first-order valence-corrected chi connectivity index (χ1v) is 5.39. The predicted octanol–water partition coefficient (Wildman–Crippen LogP) is -4.91.